The van der Waals surface area contributed by atoms with E-state index < -0.39 is 15.9 Å². The van der Waals surface area contributed by atoms with Crippen molar-refractivity contribution in [2.45, 2.75) is 51.3 Å². The summed E-state index contributed by atoms with van der Waals surface area (Å²) in [6, 6.07) is 19.1. The molecule has 1 unspecified atom stereocenters. The number of esters is 1. The molecule has 0 aliphatic heterocycles. The van der Waals surface area contributed by atoms with Crippen LogP contribution in [0.2, 0.25) is 0 Å². The van der Waals surface area contributed by atoms with Crippen LogP contribution < -0.4 is 14.4 Å². The van der Waals surface area contributed by atoms with E-state index in [2.05, 4.69) is 19.6 Å². The molecule has 1 aliphatic rings. The van der Waals surface area contributed by atoms with Gasteiger partial charge in [-0.25, -0.2) is 23.1 Å². The number of nitrogens with one attached hydrogen (secondary N) is 1. The largest absolute Gasteiger partial charge is 0.457 e. The summed E-state index contributed by atoms with van der Waals surface area (Å²) in [6.45, 7) is 1.84. The van der Waals surface area contributed by atoms with Gasteiger partial charge in [-0.1, -0.05) is 30.3 Å². The number of nitrogens with zero attached hydrogens (tertiary/aromatic N) is 4. The summed E-state index contributed by atoms with van der Waals surface area (Å²) >= 11 is 0. The average molecular weight is 592 g/mol. The van der Waals surface area contributed by atoms with Crippen molar-refractivity contribution in [3.05, 3.63) is 78.8 Å². The first-order valence-electron chi connectivity index (χ1n) is 14.2. The van der Waals surface area contributed by atoms with Gasteiger partial charge in [0.1, 0.15) is 29.3 Å². The number of carbonyl (C=O) groups excluding carboxylic acids is 1. The zero-order valence-electron chi connectivity index (χ0n) is 24.1. The standard InChI is InChI=1S/C31H37N5O5S/c1-22(24-8-7-11-27(18-24)41-26-9-5-4-6-10-26)31(37)40-21-36-17-16-28-29(33-20-34-30(28)36)35(3)25-14-12-23(13-15-25)19-42(38,39)32-2/h4-11,16-18,20,22-23,25,32H,12-15,19,21H2,1-3H3. The highest BCUT2D eigenvalue weighted by atomic mass is 32.2. The Morgan fingerprint density at radius 1 is 1.05 bits per heavy atom. The summed E-state index contributed by atoms with van der Waals surface area (Å²) in [7, 11) is 0.272. The third kappa shape index (κ3) is 6.91. The Hall–Kier alpha value is -3.96. The van der Waals surface area contributed by atoms with Crippen LogP contribution in [0.25, 0.3) is 11.0 Å². The number of para-hydroxylation sites is 1. The van der Waals surface area contributed by atoms with Crippen molar-refractivity contribution in [1.29, 1.82) is 0 Å². The van der Waals surface area contributed by atoms with Gasteiger partial charge in [0.2, 0.25) is 10.0 Å². The molecule has 4 aromatic rings. The molecule has 2 heterocycles. The van der Waals surface area contributed by atoms with E-state index in [0.717, 1.165) is 48.2 Å². The van der Waals surface area contributed by atoms with Crippen LogP contribution in [-0.2, 0) is 26.3 Å². The van der Waals surface area contributed by atoms with E-state index in [-0.39, 0.29) is 30.4 Å². The van der Waals surface area contributed by atoms with Gasteiger partial charge < -0.3 is 14.4 Å². The summed E-state index contributed by atoms with van der Waals surface area (Å²) in [6.07, 6.45) is 6.85. The molecule has 2 aromatic carbocycles. The fraction of sp³-hybridized carbons (Fsp3) is 0.387. The van der Waals surface area contributed by atoms with E-state index in [9.17, 15) is 13.2 Å². The predicted molar refractivity (Wildman–Crippen MR) is 162 cm³/mol. The van der Waals surface area contributed by atoms with Crippen molar-refractivity contribution in [3.8, 4) is 11.5 Å². The molecule has 2 aromatic heterocycles. The smallest absolute Gasteiger partial charge is 0.314 e. The summed E-state index contributed by atoms with van der Waals surface area (Å²) in [5, 5.41) is 0.870. The monoisotopic (exact) mass is 591 g/mol. The van der Waals surface area contributed by atoms with Crippen molar-refractivity contribution >= 4 is 32.8 Å². The summed E-state index contributed by atoms with van der Waals surface area (Å²) in [4.78, 5) is 24.2. The number of hydrogen-bond acceptors (Lipinski definition) is 8. The fourth-order valence-corrected chi connectivity index (χ4v) is 6.63. The summed E-state index contributed by atoms with van der Waals surface area (Å²) in [5.41, 5.74) is 1.48. The van der Waals surface area contributed by atoms with Crippen LogP contribution in [-0.4, -0.2) is 54.8 Å². The lowest BCUT2D eigenvalue weighted by Crippen LogP contribution is -2.38. The first kappa shape index (κ1) is 29.5. The lowest BCUT2D eigenvalue weighted by Gasteiger charge is -2.35. The maximum atomic E-state index is 13.0. The second-order valence-electron chi connectivity index (χ2n) is 10.8. The molecule has 42 heavy (non-hydrogen) atoms. The molecule has 0 radical (unpaired) electrons. The Morgan fingerprint density at radius 3 is 2.52 bits per heavy atom. The molecule has 1 atom stereocenters. The Bertz CT molecular complexity index is 1620. The highest BCUT2D eigenvalue weighted by Gasteiger charge is 2.28. The summed E-state index contributed by atoms with van der Waals surface area (Å²) in [5.74, 6) is 1.68. The van der Waals surface area contributed by atoms with Crippen molar-refractivity contribution in [2.24, 2.45) is 5.92 Å². The second kappa shape index (κ2) is 12.9. The van der Waals surface area contributed by atoms with Gasteiger partial charge in [-0.3, -0.25) is 9.36 Å². The number of anilines is 1. The van der Waals surface area contributed by atoms with Crippen LogP contribution in [0.15, 0.2) is 73.2 Å². The molecule has 11 heteroatoms. The van der Waals surface area contributed by atoms with E-state index in [0.29, 0.717) is 11.4 Å². The third-order valence-electron chi connectivity index (χ3n) is 8.04. The van der Waals surface area contributed by atoms with Crippen molar-refractivity contribution in [2.75, 3.05) is 24.7 Å². The maximum absolute atomic E-state index is 13.0. The number of sulfonamides is 1. The molecular weight excluding hydrogens is 554 g/mol. The summed E-state index contributed by atoms with van der Waals surface area (Å²) < 4.78 is 39.7. The number of hydrogen-bond donors (Lipinski definition) is 1. The number of aromatic nitrogens is 3. The molecule has 0 bridgehead atoms. The predicted octanol–water partition coefficient (Wildman–Crippen LogP) is 5.07. The molecule has 0 saturated heterocycles. The minimum atomic E-state index is -3.21. The van der Waals surface area contributed by atoms with E-state index in [1.54, 1.807) is 4.57 Å². The highest BCUT2D eigenvalue weighted by molar-refractivity contribution is 7.89. The molecule has 5 rings (SSSR count). The molecule has 1 saturated carbocycles. The van der Waals surface area contributed by atoms with Gasteiger partial charge in [-0.15, -0.1) is 0 Å². The molecule has 1 fully saturated rings. The SMILES string of the molecule is CNS(=O)(=O)CC1CCC(N(C)c2ncnc3c2ccn3COC(=O)C(C)c2cccc(Oc3ccccc3)c2)CC1. The first-order chi connectivity index (χ1) is 20.2. The first-order valence-corrected chi connectivity index (χ1v) is 15.8. The lowest BCUT2D eigenvalue weighted by molar-refractivity contribution is -0.148. The maximum Gasteiger partial charge on any atom is 0.314 e. The zero-order chi connectivity index (χ0) is 29.7. The van der Waals surface area contributed by atoms with Crippen LogP contribution in [0.1, 0.15) is 44.1 Å². The Kier molecular flexibility index (Phi) is 9.08. The molecule has 0 amide bonds. The fourth-order valence-electron chi connectivity index (χ4n) is 5.51. The van der Waals surface area contributed by atoms with E-state index in [1.807, 2.05) is 80.8 Å². The van der Waals surface area contributed by atoms with Crippen molar-refractivity contribution in [3.63, 3.8) is 0 Å². The Labute approximate surface area is 246 Å². The minimum absolute atomic E-state index is 0.0259. The van der Waals surface area contributed by atoms with Gasteiger partial charge in [0.15, 0.2) is 6.73 Å². The molecule has 222 valence electrons. The molecule has 10 nitrogen and oxygen atoms in total. The van der Waals surface area contributed by atoms with E-state index in [4.69, 9.17) is 9.47 Å². The van der Waals surface area contributed by atoms with Gasteiger partial charge in [0, 0.05) is 19.3 Å². The number of ether oxygens (including phenoxy) is 2. The highest BCUT2D eigenvalue weighted by Crippen LogP contribution is 2.33. The Morgan fingerprint density at radius 2 is 1.79 bits per heavy atom. The number of rotatable bonds is 11. The molecule has 1 N–H and O–H groups in total. The third-order valence-corrected chi connectivity index (χ3v) is 9.57. The second-order valence-corrected chi connectivity index (χ2v) is 12.8. The van der Waals surface area contributed by atoms with Crippen LogP contribution in [0.4, 0.5) is 5.82 Å². The van der Waals surface area contributed by atoms with Crippen LogP contribution in [0.3, 0.4) is 0 Å². The Balaban J connectivity index is 1.21. The topological polar surface area (TPSA) is 116 Å². The van der Waals surface area contributed by atoms with Gasteiger partial charge in [0.25, 0.3) is 0 Å². The number of fused-ring (bicyclic) bond motifs is 1. The van der Waals surface area contributed by atoms with Gasteiger partial charge in [-0.2, -0.15) is 0 Å². The van der Waals surface area contributed by atoms with Gasteiger partial charge >= 0.3 is 5.97 Å². The normalized spacial score (nSPS) is 18.0. The van der Waals surface area contributed by atoms with E-state index >= 15 is 0 Å². The van der Waals surface area contributed by atoms with Crippen molar-refractivity contribution in [1.82, 2.24) is 19.3 Å². The van der Waals surface area contributed by atoms with Crippen LogP contribution in [0, 0.1) is 5.92 Å². The molecule has 0 spiro atoms. The minimum Gasteiger partial charge on any atom is -0.457 e. The zero-order valence-corrected chi connectivity index (χ0v) is 25.0. The van der Waals surface area contributed by atoms with Gasteiger partial charge in [-0.05, 0) is 81.5 Å². The van der Waals surface area contributed by atoms with E-state index in [1.165, 1.54) is 13.4 Å². The molecular formula is C31H37N5O5S. The van der Waals surface area contributed by atoms with Gasteiger partial charge in [0.05, 0.1) is 17.1 Å². The average Bonchev–Trinajstić information content (AvgIpc) is 3.43. The number of benzene rings is 2. The van der Waals surface area contributed by atoms with Crippen molar-refractivity contribution < 1.29 is 22.7 Å². The quantitative estimate of drug-likeness (QED) is 0.240. The lowest BCUT2D eigenvalue weighted by atomic mass is 9.86. The van der Waals surface area contributed by atoms with Crippen LogP contribution >= 0.6 is 0 Å². The van der Waals surface area contributed by atoms with Crippen LogP contribution in [0.5, 0.6) is 11.5 Å². The molecule has 1 aliphatic carbocycles. The number of carbonyl (C=O) groups is 1.